The van der Waals surface area contributed by atoms with Crippen molar-refractivity contribution in [3.05, 3.63) is 95.6 Å². The van der Waals surface area contributed by atoms with Gasteiger partial charge in [-0.25, -0.2) is 4.79 Å². The number of benzene rings is 3. The van der Waals surface area contributed by atoms with Gasteiger partial charge in [-0.3, -0.25) is 4.79 Å². The zero-order valence-electron chi connectivity index (χ0n) is 14.7. The molecule has 0 bridgehead atoms. The highest BCUT2D eigenvalue weighted by atomic mass is 16.5. The molecule has 0 aliphatic heterocycles. The molecule has 27 heavy (non-hydrogen) atoms. The predicted molar refractivity (Wildman–Crippen MR) is 100 cm³/mol. The summed E-state index contributed by atoms with van der Waals surface area (Å²) in [6, 6.07) is 22.1. The highest BCUT2D eigenvalue weighted by molar-refractivity contribution is 6.10. The topological polar surface area (TPSA) is 72.8 Å². The lowest BCUT2D eigenvalue weighted by atomic mass is 10.0. The van der Waals surface area contributed by atoms with Crippen molar-refractivity contribution in [1.82, 2.24) is 0 Å². The lowest BCUT2D eigenvalue weighted by molar-refractivity contribution is -0.145. The zero-order valence-corrected chi connectivity index (χ0v) is 14.7. The number of aliphatic carboxylic acids is 1. The number of ketones is 1. The van der Waals surface area contributed by atoms with Crippen LogP contribution in [0.25, 0.3) is 0 Å². The van der Waals surface area contributed by atoms with Crippen LogP contribution >= 0.6 is 0 Å². The van der Waals surface area contributed by atoms with E-state index in [1.807, 2.05) is 6.07 Å². The maximum absolute atomic E-state index is 12.9. The molecule has 0 radical (unpaired) electrons. The van der Waals surface area contributed by atoms with Gasteiger partial charge in [-0.15, -0.1) is 0 Å². The zero-order chi connectivity index (χ0) is 19.2. The summed E-state index contributed by atoms with van der Waals surface area (Å²) in [6.45, 7) is 0. The fourth-order valence-corrected chi connectivity index (χ4v) is 2.68. The fourth-order valence-electron chi connectivity index (χ4n) is 2.68. The maximum atomic E-state index is 12.9. The van der Waals surface area contributed by atoms with Crippen LogP contribution in [0.5, 0.6) is 11.5 Å². The summed E-state index contributed by atoms with van der Waals surface area (Å²) in [5.41, 5.74) is 1.23. The average Bonchev–Trinajstić information content (AvgIpc) is 2.72. The molecule has 0 saturated heterocycles. The first-order valence-electron chi connectivity index (χ1n) is 8.32. The number of hydrogen-bond acceptors (Lipinski definition) is 4. The molecule has 0 amide bonds. The largest absolute Gasteiger partial charge is 0.497 e. The van der Waals surface area contributed by atoms with Crippen molar-refractivity contribution < 1.29 is 24.2 Å². The summed E-state index contributed by atoms with van der Waals surface area (Å²) in [7, 11) is 1.49. The Labute approximate surface area is 156 Å². The second-order valence-corrected chi connectivity index (χ2v) is 5.80. The van der Waals surface area contributed by atoms with Gasteiger partial charge in [0.05, 0.1) is 12.7 Å². The quantitative estimate of drug-likeness (QED) is 0.640. The number of carbonyl (C=O) groups excluding carboxylic acids is 1. The van der Waals surface area contributed by atoms with Crippen LogP contribution in [0.2, 0.25) is 0 Å². The van der Waals surface area contributed by atoms with Crippen LogP contribution < -0.4 is 9.47 Å². The van der Waals surface area contributed by atoms with Gasteiger partial charge >= 0.3 is 5.97 Å². The van der Waals surface area contributed by atoms with Crippen LogP contribution in [-0.4, -0.2) is 24.0 Å². The number of methoxy groups -OCH3 is 1. The monoisotopic (exact) mass is 362 g/mol. The maximum Gasteiger partial charge on any atom is 0.349 e. The molecule has 0 aliphatic rings. The SMILES string of the molecule is COc1ccc(C(=O)c2ccccc2)c(OC(C(=O)O)c2ccccc2)c1. The summed E-state index contributed by atoms with van der Waals surface area (Å²) < 4.78 is 11.0. The summed E-state index contributed by atoms with van der Waals surface area (Å²) in [4.78, 5) is 24.7. The molecule has 0 aromatic heterocycles. The van der Waals surface area contributed by atoms with Gasteiger partial charge in [-0.05, 0) is 12.1 Å². The van der Waals surface area contributed by atoms with Crippen molar-refractivity contribution in [3.63, 3.8) is 0 Å². The highest BCUT2D eigenvalue weighted by Crippen LogP contribution is 2.31. The molecule has 0 fully saturated rings. The Morgan fingerprint density at radius 2 is 1.52 bits per heavy atom. The first-order chi connectivity index (χ1) is 13.1. The Morgan fingerprint density at radius 3 is 2.11 bits per heavy atom. The minimum absolute atomic E-state index is 0.152. The van der Waals surface area contributed by atoms with Gasteiger partial charge in [0.2, 0.25) is 6.10 Å². The Hall–Kier alpha value is -3.60. The van der Waals surface area contributed by atoms with Crippen molar-refractivity contribution in [1.29, 1.82) is 0 Å². The minimum Gasteiger partial charge on any atom is -0.497 e. The van der Waals surface area contributed by atoms with Gasteiger partial charge in [0.15, 0.2) is 5.78 Å². The molecule has 3 aromatic rings. The molecule has 3 aromatic carbocycles. The van der Waals surface area contributed by atoms with E-state index in [1.54, 1.807) is 66.7 Å². The standard InChI is InChI=1S/C22H18O5/c1-26-17-12-13-18(20(23)15-8-4-2-5-9-15)19(14-17)27-21(22(24)25)16-10-6-3-7-11-16/h2-14,21H,1H3,(H,24,25). The molecule has 136 valence electrons. The van der Waals surface area contributed by atoms with Gasteiger partial charge in [0.25, 0.3) is 0 Å². The Bertz CT molecular complexity index is 935. The van der Waals surface area contributed by atoms with Gasteiger partial charge in [0, 0.05) is 17.2 Å². The third-order valence-corrected chi connectivity index (χ3v) is 4.04. The van der Waals surface area contributed by atoms with Crippen molar-refractivity contribution in [3.8, 4) is 11.5 Å². The van der Waals surface area contributed by atoms with E-state index in [1.165, 1.54) is 13.2 Å². The van der Waals surface area contributed by atoms with E-state index in [4.69, 9.17) is 9.47 Å². The molecular weight excluding hydrogens is 344 g/mol. The molecule has 0 aliphatic carbocycles. The van der Waals surface area contributed by atoms with E-state index in [2.05, 4.69) is 0 Å². The Morgan fingerprint density at radius 1 is 0.889 bits per heavy atom. The van der Waals surface area contributed by atoms with Crippen LogP contribution in [0.4, 0.5) is 0 Å². The van der Waals surface area contributed by atoms with Crippen LogP contribution in [-0.2, 0) is 4.79 Å². The molecule has 1 unspecified atom stereocenters. The van der Waals surface area contributed by atoms with Gasteiger partial charge in [-0.1, -0.05) is 60.7 Å². The van der Waals surface area contributed by atoms with Crippen LogP contribution in [0.15, 0.2) is 78.9 Å². The lowest BCUT2D eigenvalue weighted by Gasteiger charge is -2.18. The average molecular weight is 362 g/mol. The third-order valence-electron chi connectivity index (χ3n) is 4.04. The second-order valence-electron chi connectivity index (χ2n) is 5.80. The van der Waals surface area contributed by atoms with E-state index >= 15 is 0 Å². The van der Waals surface area contributed by atoms with Crippen LogP contribution in [0.1, 0.15) is 27.6 Å². The number of carboxylic acid groups (broad SMARTS) is 1. The normalized spacial score (nSPS) is 11.4. The van der Waals surface area contributed by atoms with Gasteiger partial charge < -0.3 is 14.6 Å². The van der Waals surface area contributed by atoms with Crippen molar-refractivity contribution in [2.75, 3.05) is 7.11 Å². The molecule has 1 N–H and O–H groups in total. The summed E-state index contributed by atoms with van der Waals surface area (Å²) in [5, 5.41) is 9.62. The summed E-state index contributed by atoms with van der Waals surface area (Å²) in [5.74, 6) is -0.793. The van der Waals surface area contributed by atoms with Gasteiger partial charge in [-0.2, -0.15) is 0 Å². The number of rotatable bonds is 7. The highest BCUT2D eigenvalue weighted by Gasteiger charge is 2.25. The van der Waals surface area contributed by atoms with Crippen molar-refractivity contribution in [2.24, 2.45) is 0 Å². The first-order valence-corrected chi connectivity index (χ1v) is 8.32. The first kappa shape index (κ1) is 18.2. The Balaban J connectivity index is 2.02. The molecule has 1 atom stereocenters. The number of carboxylic acids is 1. The molecule has 3 rings (SSSR count). The second kappa shape index (κ2) is 8.19. The molecule has 0 heterocycles. The van der Waals surface area contributed by atoms with Crippen LogP contribution in [0, 0.1) is 0 Å². The number of hydrogen-bond donors (Lipinski definition) is 1. The van der Waals surface area contributed by atoms with Crippen LogP contribution in [0.3, 0.4) is 0 Å². The van der Waals surface area contributed by atoms with Crippen molar-refractivity contribution in [2.45, 2.75) is 6.10 Å². The molecule has 5 heteroatoms. The smallest absolute Gasteiger partial charge is 0.349 e. The predicted octanol–water partition coefficient (Wildman–Crippen LogP) is 4.13. The molecule has 0 spiro atoms. The lowest BCUT2D eigenvalue weighted by Crippen LogP contribution is -2.19. The van der Waals surface area contributed by atoms with E-state index in [0.717, 1.165) is 0 Å². The van der Waals surface area contributed by atoms with Crippen molar-refractivity contribution >= 4 is 11.8 Å². The summed E-state index contributed by atoms with van der Waals surface area (Å²) >= 11 is 0. The summed E-state index contributed by atoms with van der Waals surface area (Å²) in [6.07, 6.45) is -1.25. The molecular formula is C22H18O5. The molecule has 5 nitrogen and oxygen atoms in total. The molecule has 0 saturated carbocycles. The van der Waals surface area contributed by atoms with E-state index < -0.39 is 12.1 Å². The van der Waals surface area contributed by atoms with E-state index in [9.17, 15) is 14.7 Å². The third kappa shape index (κ3) is 4.15. The van der Waals surface area contributed by atoms with E-state index in [-0.39, 0.29) is 17.1 Å². The Kier molecular flexibility index (Phi) is 5.52. The number of carbonyl (C=O) groups is 2. The minimum atomic E-state index is -1.25. The number of ether oxygens (including phenoxy) is 2. The van der Waals surface area contributed by atoms with Gasteiger partial charge in [0.1, 0.15) is 11.5 Å². The van der Waals surface area contributed by atoms with E-state index in [0.29, 0.717) is 16.9 Å². The fraction of sp³-hybridized carbons (Fsp3) is 0.0909.